The number of fused-ring (bicyclic) bond motifs is 2. The molecular weight excluding hydrogens is 464 g/mol. The molecule has 0 bridgehead atoms. The molecule has 3 aliphatic heterocycles. The molecule has 0 saturated carbocycles. The summed E-state index contributed by atoms with van der Waals surface area (Å²) in [4.78, 5) is 40.3. The number of cyclic esters (lactones) is 1. The van der Waals surface area contributed by atoms with Crippen LogP contribution in [0.5, 0.6) is 0 Å². The van der Waals surface area contributed by atoms with Crippen LogP contribution in [-0.2, 0) is 29.3 Å². The van der Waals surface area contributed by atoms with Crippen molar-refractivity contribution >= 4 is 39.5 Å². The highest BCUT2D eigenvalue weighted by Crippen LogP contribution is 2.60. The molecule has 2 spiro atoms. The summed E-state index contributed by atoms with van der Waals surface area (Å²) in [6.45, 7) is 2.02. The Morgan fingerprint density at radius 1 is 1.23 bits per heavy atom. The number of ether oxygens (including phenoxy) is 2. The van der Waals surface area contributed by atoms with Crippen LogP contribution in [0, 0.1) is 5.92 Å². The summed E-state index contributed by atoms with van der Waals surface area (Å²) < 4.78 is 11.6. The molecule has 3 heterocycles. The molecule has 0 aromatic heterocycles. The van der Waals surface area contributed by atoms with E-state index in [1.807, 2.05) is 48.5 Å². The third kappa shape index (κ3) is 2.64. The van der Waals surface area contributed by atoms with E-state index >= 15 is 0 Å². The van der Waals surface area contributed by atoms with Gasteiger partial charge in [0, 0.05) is 16.6 Å². The molecule has 2 saturated heterocycles. The summed E-state index contributed by atoms with van der Waals surface area (Å²) in [5.74, 6) is -2.53. The van der Waals surface area contributed by atoms with Crippen LogP contribution in [0.15, 0.2) is 53.0 Å². The van der Waals surface area contributed by atoms with E-state index in [-0.39, 0.29) is 25.5 Å². The maximum atomic E-state index is 13.8. The van der Waals surface area contributed by atoms with Crippen molar-refractivity contribution in [3.8, 4) is 0 Å². The third-order valence-corrected chi connectivity index (χ3v) is 7.10. The van der Waals surface area contributed by atoms with Crippen molar-refractivity contribution in [2.24, 2.45) is 5.92 Å². The number of rotatable bonds is 3. The van der Waals surface area contributed by atoms with Gasteiger partial charge in [0.15, 0.2) is 0 Å². The highest BCUT2D eigenvalue weighted by atomic mass is 79.9. The van der Waals surface area contributed by atoms with E-state index in [2.05, 4.69) is 26.6 Å². The molecule has 31 heavy (non-hydrogen) atoms. The Hall–Kier alpha value is -2.71. The summed E-state index contributed by atoms with van der Waals surface area (Å²) in [5.41, 5.74) is -0.637. The van der Waals surface area contributed by atoms with Gasteiger partial charge in [-0.05, 0) is 30.2 Å². The molecule has 7 nitrogen and oxygen atoms in total. The molecule has 5 rings (SSSR count). The normalized spacial score (nSPS) is 31.0. The van der Waals surface area contributed by atoms with E-state index in [1.54, 1.807) is 6.92 Å². The minimum absolute atomic E-state index is 0.140. The number of carbonyl (C=O) groups is 3. The van der Waals surface area contributed by atoms with E-state index in [0.717, 1.165) is 10.0 Å². The van der Waals surface area contributed by atoms with Gasteiger partial charge in [-0.2, -0.15) is 0 Å². The summed E-state index contributed by atoms with van der Waals surface area (Å²) in [6, 6.07) is 14.3. The summed E-state index contributed by atoms with van der Waals surface area (Å²) in [7, 11) is 0. The van der Waals surface area contributed by atoms with E-state index in [1.165, 1.54) is 0 Å². The van der Waals surface area contributed by atoms with Crippen LogP contribution >= 0.6 is 15.9 Å². The lowest BCUT2D eigenvalue weighted by atomic mass is 9.62. The number of hydrogen-bond donors (Lipinski definition) is 2. The molecule has 160 valence electrons. The fourth-order valence-electron chi connectivity index (χ4n) is 5.45. The number of esters is 2. The molecule has 2 fully saturated rings. The maximum Gasteiger partial charge on any atom is 0.327 e. The zero-order valence-electron chi connectivity index (χ0n) is 16.8. The fraction of sp³-hybridized carbons (Fsp3) is 0.348. The lowest BCUT2D eigenvalue weighted by Crippen LogP contribution is -2.56. The largest absolute Gasteiger partial charge is 0.466 e. The molecule has 3 aliphatic rings. The van der Waals surface area contributed by atoms with Gasteiger partial charge in [-0.15, -0.1) is 0 Å². The summed E-state index contributed by atoms with van der Waals surface area (Å²) in [5, 5.41) is 6.34. The SMILES string of the molecule is CCOC(=O)[C@H]1[C@]2(C(=O)Nc3cc(Br)ccc32)[C@H](c2ccccc2)N[C@@]12CCOC2=O. The Balaban J connectivity index is 1.82. The van der Waals surface area contributed by atoms with Crippen LogP contribution in [0.25, 0.3) is 0 Å². The number of anilines is 1. The first-order valence-corrected chi connectivity index (χ1v) is 11.0. The number of benzene rings is 2. The van der Waals surface area contributed by atoms with Gasteiger partial charge in [0.25, 0.3) is 0 Å². The van der Waals surface area contributed by atoms with Gasteiger partial charge in [-0.25, -0.2) is 0 Å². The van der Waals surface area contributed by atoms with Gasteiger partial charge in [0.05, 0.1) is 19.3 Å². The molecule has 1 amide bonds. The number of nitrogens with one attached hydrogen (secondary N) is 2. The second kappa shape index (κ2) is 7.17. The minimum atomic E-state index is -1.37. The molecule has 0 radical (unpaired) electrons. The van der Waals surface area contributed by atoms with Crippen molar-refractivity contribution in [2.75, 3.05) is 18.5 Å². The minimum Gasteiger partial charge on any atom is -0.466 e. The Morgan fingerprint density at radius 2 is 2.00 bits per heavy atom. The topological polar surface area (TPSA) is 93.7 Å². The lowest BCUT2D eigenvalue weighted by Gasteiger charge is -2.34. The zero-order valence-corrected chi connectivity index (χ0v) is 18.4. The number of carbonyl (C=O) groups excluding carboxylic acids is 3. The fourth-order valence-corrected chi connectivity index (χ4v) is 5.81. The lowest BCUT2D eigenvalue weighted by molar-refractivity contribution is -0.159. The summed E-state index contributed by atoms with van der Waals surface area (Å²) >= 11 is 3.45. The van der Waals surface area contributed by atoms with Gasteiger partial charge in [-0.3, -0.25) is 19.7 Å². The first-order valence-electron chi connectivity index (χ1n) is 10.2. The van der Waals surface area contributed by atoms with Crippen LogP contribution in [0.3, 0.4) is 0 Å². The molecule has 8 heteroatoms. The Labute approximate surface area is 187 Å². The molecule has 0 unspecified atom stereocenters. The van der Waals surface area contributed by atoms with E-state index < -0.39 is 34.9 Å². The highest BCUT2D eigenvalue weighted by Gasteiger charge is 2.75. The summed E-state index contributed by atoms with van der Waals surface area (Å²) in [6.07, 6.45) is 0.277. The molecule has 2 aromatic rings. The quantitative estimate of drug-likeness (QED) is 0.650. The first-order chi connectivity index (χ1) is 14.9. The van der Waals surface area contributed by atoms with E-state index in [9.17, 15) is 14.4 Å². The van der Waals surface area contributed by atoms with Gasteiger partial charge >= 0.3 is 11.9 Å². The maximum absolute atomic E-state index is 13.8. The smallest absolute Gasteiger partial charge is 0.327 e. The van der Waals surface area contributed by atoms with Crippen molar-refractivity contribution in [3.63, 3.8) is 0 Å². The number of halogens is 1. The number of hydrogen-bond acceptors (Lipinski definition) is 6. The monoisotopic (exact) mass is 484 g/mol. The molecule has 0 aliphatic carbocycles. The molecule has 2 N–H and O–H groups in total. The van der Waals surface area contributed by atoms with E-state index in [4.69, 9.17) is 9.47 Å². The Kier molecular flexibility index (Phi) is 4.67. The van der Waals surface area contributed by atoms with Gasteiger partial charge in [0.2, 0.25) is 5.91 Å². The first kappa shape index (κ1) is 20.2. The van der Waals surface area contributed by atoms with Crippen molar-refractivity contribution < 1.29 is 23.9 Å². The van der Waals surface area contributed by atoms with Crippen LogP contribution in [0.1, 0.15) is 30.5 Å². The average molecular weight is 485 g/mol. The van der Waals surface area contributed by atoms with Crippen molar-refractivity contribution in [1.29, 1.82) is 0 Å². The second-order valence-electron chi connectivity index (χ2n) is 8.04. The molecular formula is C23H21BrN2O5. The van der Waals surface area contributed by atoms with Gasteiger partial charge < -0.3 is 14.8 Å². The van der Waals surface area contributed by atoms with Crippen LogP contribution in [0.4, 0.5) is 5.69 Å². The van der Waals surface area contributed by atoms with Crippen molar-refractivity contribution in [3.05, 3.63) is 64.1 Å². The standard InChI is InChI=1S/C23H21BrN2O5/c1-2-30-19(27)17-22(10-11-31-21(22)29)26-18(13-6-4-3-5-7-13)23(17)15-9-8-14(24)12-16(15)25-20(23)28/h3-9,12,17-18,26H,2,10-11H2,1H3,(H,25,28)/t17-,18+,22+,23+/m1/s1. The van der Waals surface area contributed by atoms with Crippen molar-refractivity contribution in [2.45, 2.75) is 30.3 Å². The van der Waals surface area contributed by atoms with Crippen LogP contribution in [0.2, 0.25) is 0 Å². The third-order valence-electron chi connectivity index (χ3n) is 6.61. The van der Waals surface area contributed by atoms with Crippen LogP contribution in [-0.4, -0.2) is 36.6 Å². The van der Waals surface area contributed by atoms with Crippen LogP contribution < -0.4 is 10.6 Å². The van der Waals surface area contributed by atoms with Gasteiger partial charge in [0.1, 0.15) is 16.9 Å². The zero-order chi connectivity index (χ0) is 21.8. The molecule has 4 atom stereocenters. The second-order valence-corrected chi connectivity index (χ2v) is 8.96. The number of amides is 1. The average Bonchev–Trinajstić information content (AvgIpc) is 3.36. The Bertz CT molecular complexity index is 1090. The predicted octanol–water partition coefficient (Wildman–Crippen LogP) is 2.85. The van der Waals surface area contributed by atoms with Crippen molar-refractivity contribution in [1.82, 2.24) is 5.32 Å². The Morgan fingerprint density at radius 3 is 2.68 bits per heavy atom. The highest BCUT2D eigenvalue weighted by molar-refractivity contribution is 9.10. The molecule has 2 aromatic carbocycles. The predicted molar refractivity (Wildman–Crippen MR) is 115 cm³/mol. The van der Waals surface area contributed by atoms with Gasteiger partial charge in [-0.1, -0.05) is 52.3 Å². The van der Waals surface area contributed by atoms with E-state index in [0.29, 0.717) is 11.3 Å².